The average Bonchev–Trinajstić information content (AvgIpc) is 3.02. The molecule has 0 saturated carbocycles. The molecule has 0 aliphatic carbocycles. The van der Waals surface area contributed by atoms with Gasteiger partial charge in [-0.2, -0.15) is 0 Å². The quantitative estimate of drug-likeness (QED) is 0.940. The second kappa shape index (κ2) is 6.54. The topological polar surface area (TPSA) is 54.5 Å². The van der Waals surface area contributed by atoms with Crippen molar-refractivity contribution in [1.29, 1.82) is 0 Å². The Morgan fingerprint density at radius 3 is 3.00 bits per heavy atom. The number of aromatic nitrogens is 1. The van der Waals surface area contributed by atoms with Crippen LogP contribution in [0.5, 0.6) is 5.75 Å². The number of benzene rings is 1. The summed E-state index contributed by atoms with van der Waals surface area (Å²) in [5.41, 5.74) is 2.33. The van der Waals surface area contributed by atoms with Crippen LogP contribution in [-0.2, 0) is 0 Å². The van der Waals surface area contributed by atoms with Gasteiger partial charge in [0, 0.05) is 24.5 Å². The van der Waals surface area contributed by atoms with Gasteiger partial charge in [0.05, 0.1) is 23.9 Å². The van der Waals surface area contributed by atoms with Gasteiger partial charge in [0.15, 0.2) is 0 Å². The molecular weight excluding hydrogens is 290 g/mol. The molecule has 2 aromatic rings. The molecule has 0 spiro atoms. The number of aryl methyl sites for hydroxylation is 1. The van der Waals surface area contributed by atoms with Gasteiger partial charge in [0.1, 0.15) is 5.75 Å². The van der Waals surface area contributed by atoms with Gasteiger partial charge in [-0.05, 0) is 51.1 Å². The number of ether oxygens (including phenoxy) is 1. The van der Waals surface area contributed by atoms with E-state index in [1.54, 1.807) is 7.11 Å². The third-order valence-electron chi connectivity index (χ3n) is 4.51. The Morgan fingerprint density at radius 1 is 1.43 bits per heavy atom. The van der Waals surface area contributed by atoms with Gasteiger partial charge in [0.25, 0.3) is 5.91 Å². The Morgan fingerprint density at radius 2 is 2.26 bits per heavy atom. The minimum atomic E-state index is 0.0892. The zero-order valence-corrected chi connectivity index (χ0v) is 13.9. The number of amides is 1. The number of hydrogen-bond acceptors (Lipinski definition) is 4. The first kappa shape index (κ1) is 15.7. The molecule has 122 valence electrons. The van der Waals surface area contributed by atoms with Gasteiger partial charge in [-0.1, -0.05) is 0 Å². The molecule has 1 aliphatic rings. The summed E-state index contributed by atoms with van der Waals surface area (Å²) >= 11 is 0. The number of nitrogens with one attached hydrogen (secondary N) is 1. The van der Waals surface area contributed by atoms with E-state index in [0.29, 0.717) is 11.5 Å². The minimum absolute atomic E-state index is 0.0892. The predicted octanol–water partition coefficient (Wildman–Crippen LogP) is 2.23. The monoisotopic (exact) mass is 313 g/mol. The third kappa shape index (κ3) is 3.15. The summed E-state index contributed by atoms with van der Waals surface area (Å²) in [6.45, 7) is 4.50. The van der Waals surface area contributed by atoms with Crippen molar-refractivity contribution < 1.29 is 9.53 Å². The molecule has 1 N–H and O–H groups in total. The molecule has 3 rings (SSSR count). The Bertz CT molecular complexity index is 730. The first-order chi connectivity index (χ1) is 11.1. The van der Waals surface area contributed by atoms with Crippen molar-refractivity contribution in [3.63, 3.8) is 0 Å². The maximum atomic E-state index is 12.8. The van der Waals surface area contributed by atoms with Gasteiger partial charge in [-0.15, -0.1) is 0 Å². The molecule has 1 aliphatic heterocycles. The molecular formula is C18H23N3O2. The van der Waals surface area contributed by atoms with Gasteiger partial charge >= 0.3 is 0 Å². The molecule has 5 heteroatoms. The molecule has 5 nitrogen and oxygen atoms in total. The SMILES string of the molecule is CNCC1CCN(C(=O)c2cc3ccc(OC)cc3nc2C)C1. The maximum Gasteiger partial charge on any atom is 0.255 e. The van der Waals surface area contributed by atoms with Crippen LogP contribution in [0.3, 0.4) is 0 Å². The molecule has 1 amide bonds. The van der Waals surface area contributed by atoms with Crippen molar-refractivity contribution >= 4 is 16.8 Å². The van der Waals surface area contributed by atoms with E-state index in [1.165, 1.54) is 0 Å². The van der Waals surface area contributed by atoms with E-state index < -0.39 is 0 Å². The van der Waals surface area contributed by atoms with Crippen molar-refractivity contribution in [2.45, 2.75) is 13.3 Å². The van der Waals surface area contributed by atoms with E-state index in [9.17, 15) is 4.79 Å². The van der Waals surface area contributed by atoms with Crippen molar-refractivity contribution in [2.75, 3.05) is 33.8 Å². The van der Waals surface area contributed by atoms with Crippen molar-refractivity contribution in [3.05, 3.63) is 35.5 Å². The Balaban J connectivity index is 1.87. The van der Waals surface area contributed by atoms with Gasteiger partial charge in [-0.3, -0.25) is 9.78 Å². The number of rotatable bonds is 4. The number of pyridine rings is 1. The van der Waals surface area contributed by atoms with Crippen LogP contribution in [0.25, 0.3) is 10.9 Å². The van der Waals surface area contributed by atoms with Gasteiger partial charge < -0.3 is 15.0 Å². The third-order valence-corrected chi connectivity index (χ3v) is 4.51. The van der Waals surface area contributed by atoms with Gasteiger partial charge in [0.2, 0.25) is 0 Å². The summed E-state index contributed by atoms with van der Waals surface area (Å²) in [6, 6.07) is 7.69. The van der Waals surface area contributed by atoms with Crippen LogP contribution >= 0.6 is 0 Å². The second-order valence-electron chi connectivity index (χ2n) is 6.14. The molecule has 1 saturated heterocycles. The summed E-state index contributed by atoms with van der Waals surface area (Å²) in [5, 5.41) is 4.16. The highest BCUT2D eigenvalue weighted by atomic mass is 16.5. The lowest BCUT2D eigenvalue weighted by Gasteiger charge is -2.18. The Labute approximate surface area is 136 Å². The van der Waals surface area contributed by atoms with E-state index in [0.717, 1.165) is 48.4 Å². The fourth-order valence-corrected chi connectivity index (χ4v) is 3.23. The van der Waals surface area contributed by atoms with E-state index >= 15 is 0 Å². The van der Waals surface area contributed by atoms with Crippen LogP contribution in [0.2, 0.25) is 0 Å². The molecule has 1 atom stereocenters. The number of nitrogens with zero attached hydrogens (tertiary/aromatic N) is 2. The fourth-order valence-electron chi connectivity index (χ4n) is 3.23. The zero-order chi connectivity index (χ0) is 16.4. The normalized spacial score (nSPS) is 17.7. The van der Waals surface area contributed by atoms with Crippen LogP contribution in [0, 0.1) is 12.8 Å². The molecule has 0 bridgehead atoms. The maximum absolute atomic E-state index is 12.8. The number of methoxy groups -OCH3 is 1. The number of fused-ring (bicyclic) bond motifs is 1. The van der Waals surface area contributed by atoms with Crippen molar-refractivity contribution in [2.24, 2.45) is 5.92 Å². The first-order valence-corrected chi connectivity index (χ1v) is 8.01. The molecule has 1 fully saturated rings. The lowest BCUT2D eigenvalue weighted by molar-refractivity contribution is 0.0786. The molecule has 1 aromatic heterocycles. The van der Waals surface area contributed by atoms with E-state index in [4.69, 9.17) is 4.74 Å². The number of carbonyl (C=O) groups is 1. The van der Waals surface area contributed by atoms with Gasteiger partial charge in [-0.25, -0.2) is 0 Å². The average molecular weight is 313 g/mol. The van der Waals surface area contributed by atoms with E-state index in [-0.39, 0.29) is 5.91 Å². The lowest BCUT2D eigenvalue weighted by atomic mass is 10.1. The summed E-state index contributed by atoms with van der Waals surface area (Å²) < 4.78 is 5.23. The second-order valence-corrected chi connectivity index (χ2v) is 6.14. The smallest absolute Gasteiger partial charge is 0.255 e. The highest BCUT2D eigenvalue weighted by molar-refractivity contribution is 5.99. The predicted molar refractivity (Wildman–Crippen MR) is 91.0 cm³/mol. The standard InChI is InChI=1S/C18H23N3O2/c1-12-16(18(22)21-7-6-13(11-21)10-19-2)8-14-4-5-15(23-3)9-17(14)20-12/h4-5,8-9,13,19H,6-7,10-11H2,1-3H3. The number of carbonyl (C=O) groups excluding carboxylic acids is 1. The first-order valence-electron chi connectivity index (χ1n) is 8.01. The minimum Gasteiger partial charge on any atom is -0.497 e. The Hall–Kier alpha value is -2.14. The molecule has 0 radical (unpaired) electrons. The number of hydrogen-bond donors (Lipinski definition) is 1. The highest BCUT2D eigenvalue weighted by Crippen LogP contribution is 2.24. The zero-order valence-electron chi connectivity index (χ0n) is 13.9. The number of likely N-dealkylation sites (tertiary alicyclic amines) is 1. The summed E-state index contributed by atoms with van der Waals surface area (Å²) in [4.78, 5) is 19.4. The summed E-state index contributed by atoms with van der Waals surface area (Å²) in [5.74, 6) is 1.41. The van der Waals surface area contributed by atoms with Crippen LogP contribution in [-0.4, -0.2) is 49.6 Å². The van der Waals surface area contributed by atoms with Crippen molar-refractivity contribution in [3.8, 4) is 5.75 Å². The van der Waals surface area contributed by atoms with E-state index in [1.807, 2.05) is 43.1 Å². The van der Waals surface area contributed by atoms with Crippen LogP contribution < -0.4 is 10.1 Å². The lowest BCUT2D eigenvalue weighted by Crippen LogP contribution is -2.31. The molecule has 1 aromatic carbocycles. The largest absolute Gasteiger partial charge is 0.497 e. The molecule has 23 heavy (non-hydrogen) atoms. The Kier molecular flexibility index (Phi) is 4.48. The highest BCUT2D eigenvalue weighted by Gasteiger charge is 2.27. The molecule has 2 heterocycles. The van der Waals surface area contributed by atoms with Crippen LogP contribution in [0.4, 0.5) is 0 Å². The van der Waals surface area contributed by atoms with E-state index in [2.05, 4.69) is 10.3 Å². The summed E-state index contributed by atoms with van der Waals surface area (Å²) in [7, 11) is 3.59. The summed E-state index contributed by atoms with van der Waals surface area (Å²) in [6.07, 6.45) is 1.06. The van der Waals surface area contributed by atoms with Crippen LogP contribution in [0.15, 0.2) is 24.3 Å². The van der Waals surface area contributed by atoms with Crippen LogP contribution in [0.1, 0.15) is 22.5 Å². The fraction of sp³-hybridized carbons (Fsp3) is 0.444. The van der Waals surface area contributed by atoms with Crippen molar-refractivity contribution in [1.82, 2.24) is 15.2 Å². The molecule has 1 unspecified atom stereocenters.